The fraction of sp³-hybridized carbons (Fsp3) is 0.364. The van der Waals surface area contributed by atoms with E-state index in [2.05, 4.69) is 10.1 Å². The van der Waals surface area contributed by atoms with E-state index in [0.717, 1.165) is 17.0 Å². The highest BCUT2D eigenvalue weighted by Gasteiger charge is 2.41. The van der Waals surface area contributed by atoms with Crippen molar-refractivity contribution in [3.8, 4) is 0 Å². The molecule has 176 valence electrons. The van der Waals surface area contributed by atoms with Crippen molar-refractivity contribution >= 4 is 40.8 Å². The summed E-state index contributed by atoms with van der Waals surface area (Å²) in [5.74, 6) is -1.53. The Kier molecular flexibility index (Phi) is 7.83. The Morgan fingerprint density at radius 3 is 2.76 bits per heavy atom. The Labute approximate surface area is 203 Å². The molecule has 0 bridgehead atoms. The van der Waals surface area contributed by atoms with Crippen molar-refractivity contribution in [1.29, 1.82) is 0 Å². The molecule has 2 atom stereocenters. The lowest BCUT2D eigenvalue weighted by Gasteiger charge is -2.37. The molecule has 0 spiro atoms. The van der Waals surface area contributed by atoms with Gasteiger partial charge in [0.05, 0.1) is 29.3 Å². The summed E-state index contributed by atoms with van der Waals surface area (Å²) in [4.78, 5) is 4.88. The molecule has 1 N–H and O–H groups in total. The second-order valence-electron chi connectivity index (χ2n) is 7.58. The lowest BCUT2D eigenvalue weighted by atomic mass is 9.90. The van der Waals surface area contributed by atoms with Gasteiger partial charge in [-0.3, -0.25) is 0 Å². The monoisotopic (exact) mass is 513 g/mol. The molecule has 2 unspecified atom stereocenters. The summed E-state index contributed by atoms with van der Waals surface area (Å²) < 4.78 is 41.9. The van der Waals surface area contributed by atoms with Crippen LogP contribution in [0.4, 0.5) is 8.78 Å². The average molecular weight is 514 g/mol. The molecule has 1 fully saturated rings. The summed E-state index contributed by atoms with van der Waals surface area (Å²) in [6.07, 6.45) is 6.00. The number of aliphatic hydroxyl groups is 1. The zero-order valence-electron chi connectivity index (χ0n) is 17.6. The Balaban J connectivity index is 1.43. The molecule has 4 rings (SSSR count). The second kappa shape index (κ2) is 10.6. The van der Waals surface area contributed by atoms with E-state index in [4.69, 9.17) is 21.1 Å². The van der Waals surface area contributed by atoms with Gasteiger partial charge in [-0.05, 0) is 30.4 Å². The Morgan fingerprint density at radius 1 is 1.33 bits per heavy atom. The minimum Gasteiger partial charge on any atom is -0.382 e. The smallest absolute Gasteiger partial charge is 0.177 e. The second-order valence-corrected chi connectivity index (χ2v) is 11.0. The number of thiophene rings is 1. The van der Waals surface area contributed by atoms with Crippen molar-refractivity contribution in [2.75, 3.05) is 13.2 Å². The minimum atomic E-state index is -1.68. The van der Waals surface area contributed by atoms with Gasteiger partial charge in [-0.25, -0.2) is 18.4 Å². The van der Waals surface area contributed by atoms with Crippen LogP contribution in [-0.2, 0) is 21.6 Å². The molecule has 6 nitrogen and oxygen atoms in total. The van der Waals surface area contributed by atoms with Crippen LogP contribution >= 0.6 is 34.7 Å². The molecular formula is C22H22ClF2N3O3S2. The SMILES string of the molecule is CC(SC1COC(/C=C/c2ccc(Cl)s2)OC1)C(O)(Cn1cncn1)c1ccc(F)cc1F. The van der Waals surface area contributed by atoms with Crippen LogP contribution in [-0.4, -0.2) is 49.9 Å². The van der Waals surface area contributed by atoms with E-state index in [9.17, 15) is 13.9 Å². The highest BCUT2D eigenvalue weighted by Crippen LogP contribution is 2.38. The molecule has 2 aromatic heterocycles. The van der Waals surface area contributed by atoms with E-state index in [1.165, 1.54) is 46.5 Å². The van der Waals surface area contributed by atoms with Gasteiger partial charge in [0.1, 0.15) is 29.9 Å². The standard InChI is InChI=1S/C22H22ClF2N3O3S2/c1-14(32-17-9-30-21(31-10-17)7-4-16-3-6-20(23)33-16)22(29,11-28-13-26-12-27-28)18-5-2-15(24)8-19(18)25/h2-8,12-14,17,21,29H,9-11H2,1H3/b7-4+. The largest absolute Gasteiger partial charge is 0.382 e. The van der Waals surface area contributed by atoms with Gasteiger partial charge in [-0.15, -0.1) is 23.1 Å². The molecule has 0 aliphatic carbocycles. The van der Waals surface area contributed by atoms with Crippen LogP contribution in [0, 0.1) is 11.6 Å². The van der Waals surface area contributed by atoms with Crippen LogP contribution in [0.1, 0.15) is 17.4 Å². The molecule has 33 heavy (non-hydrogen) atoms. The number of benzene rings is 1. The van der Waals surface area contributed by atoms with Crippen molar-refractivity contribution in [3.05, 3.63) is 75.5 Å². The molecule has 1 saturated heterocycles. The fourth-order valence-electron chi connectivity index (χ4n) is 3.52. The van der Waals surface area contributed by atoms with Gasteiger partial charge in [0.2, 0.25) is 0 Å². The van der Waals surface area contributed by atoms with Crippen LogP contribution in [0.25, 0.3) is 6.08 Å². The number of hydrogen-bond donors (Lipinski definition) is 1. The van der Waals surface area contributed by atoms with Crippen molar-refractivity contribution in [2.45, 2.75) is 35.9 Å². The fourth-order valence-corrected chi connectivity index (χ4v) is 5.81. The third-order valence-corrected chi connectivity index (χ3v) is 7.89. The van der Waals surface area contributed by atoms with Gasteiger partial charge >= 0.3 is 0 Å². The number of nitrogens with zero attached hydrogens (tertiary/aromatic N) is 3. The number of halogens is 3. The predicted molar refractivity (Wildman–Crippen MR) is 125 cm³/mol. The first-order chi connectivity index (χ1) is 15.8. The zero-order valence-corrected chi connectivity index (χ0v) is 20.0. The van der Waals surface area contributed by atoms with E-state index < -0.39 is 28.8 Å². The topological polar surface area (TPSA) is 69.4 Å². The normalized spacial score (nSPS) is 21.8. The zero-order chi connectivity index (χ0) is 23.4. The Morgan fingerprint density at radius 2 is 2.12 bits per heavy atom. The van der Waals surface area contributed by atoms with E-state index in [1.54, 1.807) is 6.92 Å². The van der Waals surface area contributed by atoms with Crippen molar-refractivity contribution < 1.29 is 23.4 Å². The number of hydrogen-bond acceptors (Lipinski definition) is 7. The number of ether oxygens (including phenoxy) is 2. The van der Waals surface area contributed by atoms with Crippen LogP contribution < -0.4 is 0 Å². The maximum atomic E-state index is 14.7. The lowest BCUT2D eigenvalue weighted by Crippen LogP contribution is -2.43. The molecular weight excluding hydrogens is 492 g/mol. The summed E-state index contributed by atoms with van der Waals surface area (Å²) in [5, 5.41) is 15.1. The van der Waals surface area contributed by atoms with Crippen LogP contribution in [0.3, 0.4) is 0 Å². The summed E-state index contributed by atoms with van der Waals surface area (Å²) in [5.41, 5.74) is -1.68. The van der Waals surface area contributed by atoms with Gasteiger partial charge in [-0.1, -0.05) is 24.6 Å². The molecule has 1 aliphatic rings. The molecule has 3 aromatic rings. The molecule has 0 saturated carbocycles. The predicted octanol–water partition coefficient (Wildman–Crippen LogP) is 4.74. The summed E-state index contributed by atoms with van der Waals surface area (Å²) in [7, 11) is 0. The molecule has 1 aromatic carbocycles. The van der Waals surface area contributed by atoms with E-state index >= 15 is 0 Å². The Hall–Kier alpha value is -1.82. The highest BCUT2D eigenvalue weighted by atomic mass is 35.5. The lowest BCUT2D eigenvalue weighted by molar-refractivity contribution is -0.146. The number of aromatic nitrogens is 3. The van der Waals surface area contributed by atoms with Gasteiger partial charge < -0.3 is 14.6 Å². The average Bonchev–Trinajstić information content (AvgIpc) is 3.44. The first-order valence-electron chi connectivity index (χ1n) is 10.2. The number of rotatable bonds is 8. The summed E-state index contributed by atoms with van der Waals surface area (Å²) in [6, 6.07) is 6.91. The molecule has 3 heterocycles. The van der Waals surface area contributed by atoms with Gasteiger partial charge in [0.15, 0.2) is 6.29 Å². The molecule has 11 heteroatoms. The molecule has 0 amide bonds. The van der Waals surface area contributed by atoms with Crippen LogP contribution in [0.2, 0.25) is 4.34 Å². The highest BCUT2D eigenvalue weighted by molar-refractivity contribution is 8.00. The summed E-state index contributed by atoms with van der Waals surface area (Å²) >= 11 is 8.82. The third-order valence-electron chi connectivity index (χ3n) is 5.24. The first-order valence-corrected chi connectivity index (χ1v) is 12.3. The van der Waals surface area contributed by atoms with Gasteiger partial charge in [0.25, 0.3) is 0 Å². The van der Waals surface area contributed by atoms with Crippen LogP contribution in [0.15, 0.2) is 49.1 Å². The first kappa shape index (κ1) is 24.3. The van der Waals surface area contributed by atoms with Gasteiger partial charge in [0, 0.05) is 21.8 Å². The van der Waals surface area contributed by atoms with Crippen molar-refractivity contribution in [2.24, 2.45) is 0 Å². The van der Waals surface area contributed by atoms with E-state index in [-0.39, 0.29) is 17.4 Å². The molecule has 0 radical (unpaired) electrons. The molecule has 1 aliphatic heterocycles. The third kappa shape index (κ3) is 6.00. The maximum absolute atomic E-state index is 14.7. The van der Waals surface area contributed by atoms with Crippen molar-refractivity contribution in [1.82, 2.24) is 14.8 Å². The van der Waals surface area contributed by atoms with E-state index in [1.807, 2.05) is 24.3 Å². The maximum Gasteiger partial charge on any atom is 0.177 e. The quantitative estimate of drug-likeness (QED) is 0.469. The Bertz CT molecular complexity index is 1090. The van der Waals surface area contributed by atoms with Crippen LogP contribution in [0.5, 0.6) is 0 Å². The van der Waals surface area contributed by atoms with Gasteiger partial charge in [-0.2, -0.15) is 5.10 Å². The van der Waals surface area contributed by atoms with E-state index in [0.29, 0.717) is 17.6 Å². The summed E-state index contributed by atoms with van der Waals surface area (Å²) in [6.45, 7) is 2.52. The number of thioether (sulfide) groups is 1. The van der Waals surface area contributed by atoms with Crippen molar-refractivity contribution in [3.63, 3.8) is 0 Å². The minimum absolute atomic E-state index is 0.00698.